The molecule has 2 N–H and O–H groups in total. The molecule has 1 aliphatic rings. The zero-order chi connectivity index (χ0) is 14.8. The third-order valence-corrected chi connectivity index (χ3v) is 3.79. The van der Waals surface area contributed by atoms with E-state index in [9.17, 15) is 14.7 Å². The molecule has 1 aliphatic carbocycles. The summed E-state index contributed by atoms with van der Waals surface area (Å²) in [5, 5.41) is 19.5. The maximum atomic E-state index is 11.6. The molecule has 4 heteroatoms. The van der Waals surface area contributed by atoms with E-state index in [2.05, 4.69) is 0 Å². The van der Waals surface area contributed by atoms with Crippen LogP contribution in [0.15, 0.2) is 23.8 Å². The first-order valence-corrected chi connectivity index (χ1v) is 6.43. The molecule has 4 nitrogen and oxygen atoms in total. The summed E-state index contributed by atoms with van der Waals surface area (Å²) in [6.07, 6.45) is 5.12. The largest absolute Gasteiger partial charge is 0.481 e. The zero-order valence-electron chi connectivity index (χ0n) is 11.9. The maximum Gasteiger partial charge on any atom is 0.303 e. The second kappa shape index (κ2) is 5.29. The van der Waals surface area contributed by atoms with Crippen LogP contribution in [0.5, 0.6) is 0 Å². The third kappa shape index (κ3) is 3.32. The van der Waals surface area contributed by atoms with Crippen LogP contribution < -0.4 is 0 Å². The summed E-state index contributed by atoms with van der Waals surface area (Å²) in [7, 11) is 0. The summed E-state index contributed by atoms with van der Waals surface area (Å²) in [5.41, 5.74) is -1.19. The predicted molar refractivity (Wildman–Crippen MR) is 72.7 cm³/mol. The lowest BCUT2D eigenvalue weighted by molar-refractivity contribution is -0.137. The highest BCUT2D eigenvalue weighted by molar-refractivity contribution is 5.92. The van der Waals surface area contributed by atoms with E-state index in [-0.39, 0.29) is 24.5 Å². The molecule has 1 rings (SSSR count). The fourth-order valence-corrected chi connectivity index (χ4v) is 2.51. The first-order chi connectivity index (χ1) is 8.58. The number of aliphatic carboxylic acids is 1. The van der Waals surface area contributed by atoms with E-state index >= 15 is 0 Å². The molecule has 19 heavy (non-hydrogen) atoms. The summed E-state index contributed by atoms with van der Waals surface area (Å²) in [6.45, 7) is 7.19. The van der Waals surface area contributed by atoms with Gasteiger partial charge in [0.2, 0.25) is 0 Å². The number of ketones is 1. The molecule has 0 saturated carbocycles. The van der Waals surface area contributed by atoms with Crippen molar-refractivity contribution in [1.29, 1.82) is 0 Å². The van der Waals surface area contributed by atoms with E-state index in [0.717, 1.165) is 0 Å². The number of carboxylic acid groups (broad SMARTS) is 1. The van der Waals surface area contributed by atoms with Gasteiger partial charge in [0.1, 0.15) is 5.60 Å². The van der Waals surface area contributed by atoms with Crippen molar-refractivity contribution >= 4 is 11.8 Å². The van der Waals surface area contributed by atoms with Crippen LogP contribution in [0.1, 0.15) is 40.5 Å². The van der Waals surface area contributed by atoms with Gasteiger partial charge in [0.15, 0.2) is 5.78 Å². The van der Waals surface area contributed by atoms with Crippen molar-refractivity contribution in [2.24, 2.45) is 11.3 Å². The van der Waals surface area contributed by atoms with E-state index in [1.165, 1.54) is 6.08 Å². The van der Waals surface area contributed by atoms with E-state index < -0.39 is 17.0 Å². The van der Waals surface area contributed by atoms with Crippen LogP contribution in [0.2, 0.25) is 0 Å². The smallest absolute Gasteiger partial charge is 0.303 e. The number of aliphatic hydroxyl groups is 1. The summed E-state index contributed by atoms with van der Waals surface area (Å²) in [6, 6.07) is 0. The van der Waals surface area contributed by atoms with Gasteiger partial charge in [-0.15, -0.1) is 0 Å². The molecule has 0 aromatic heterocycles. The molecule has 0 bridgehead atoms. The molecule has 0 fully saturated rings. The van der Waals surface area contributed by atoms with Crippen molar-refractivity contribution in [2.45, 2.75) is 46.1 Å². The molecule has 0 radical (unpaired) electrons. The molecule has 0 saturated heterocycles. The lowest BCUT2D eigenvalue weighted by atomic mass is 9.64. The monoisotopic (exact) mass is 266 g/mol. The van der Waals surface area contributed by atoms with Crippen LogP contribution >= 0.6 is 0 Å². The van der Waals surface area contributed by atoms with Gasteiger partial charge in [-0.25, -0.2) is 0 Å². The highest BCUT2D eigenvalue weighted by atomic mass is 16.4. The average molecular weight is 266 g/mol. The highest BCUT2D eigenvalue weighted by Gasteiger charge is 2.46. The van der Waals surface area contributed by atoms with Crippen LogP contribution in [0.3, 0.4) is 0 Å². The van der Waals surface area contributed by atoms with Crippen LogP contribution in [0.25, 0.3) is 0 Å². The van der Waals surface area contributed by atoms with Crippen LogP contribution in [-0.2, 0) is 9.59 Å². The van der Waals surface area contributed by atoms with Crippen molar-refractivity contribution in [3.05, 3.63) is 23.8 Å². The predicted octanol–water partition coefficient (Wildman–Crippen LogP) is 2.33. The number of carboxylic acids is 1. The number of hydrogen-bond acceptors (Lipinski definition) is 3. The first-order valence-electron chi connectivity index (χ1n) is 6.43. The number of carbonyl (C=O) groups is 2. The maximum absolute atomic E-state index is 11.6. The van der Waals surface area contributed by atoms with Gasteiger partial charge in [-0.3, -0.25) is 9.59 Å². The number of allylic oxidation sites excluding steroid dienone is 2. The van der Waals surface area contributed by atoms with Crippen molar-refractivity contribution in [1.82, 2.24) is 0 Å². The Morgan fingerprint density at radius 2 is 2.11 bits per heavy atom. The lowest BCUT2D eigenvalue weighted by Gasteiger charge is -2.44. The minimum Gasteiger partial charge on any atom is -0.481 e. The standard InChI is InChI=1S/C15H22O4/c1-10(7-13(17)18)5-6-15(19)11(2)8-12(16)9-14(15,3)4/h5-6,8,10,19H,7,9H2,1-4H3,(H,17,18)/b6-5+/t10-,15+/m0/s1. The SMILES string of the molecule is CC1=CC(=O)CC(C)(C)[C@@]1(O)/C=C/[C@H](C)CC(=O)O. The van der Waals surface area contributed by atoms with Gasteiger partial charge in [0.25, 0.3) is 0 Å². The molecule has 0 aromatic carbocycles. The van der Waals surface area contributed by atoms with Gasteiger partial charge in [-0.1, -0.05) is 32.9 Å². The normalized spacial score (nSPS) is 28.3. The topological polar surface area (TPSA) is 74.6 Å². The van der Waals surface area contributed by atoms with Gasteiger partial charge in [0, 0.05) is 11.8 Å². The third-order valence-electron chi connectivity index (χ3n) is 3.79. The Labute approximate surface area is 113 Å². The first kappa shape index (κ1) is 15.6. The van der Waals surface area contributed by atoms with Crippen LogP contribution in [0.4, 0.5) is 0 Å². The van der Waals surface area contributed by atoms with Gasteiger partial charge >= 0.3 is 5.97 Å². The van der Waals surface area contributed by atoms with E-state index in [4.69, 9.17) is 5.11 Å². The van der Waals surface area contributed by atoms with E-state index in [0.29, 0.717) is 5.57 Å². The molecule has 0 heterocycles. The molecule has 0 unspecified atom stereocenters. The van der Waals surface area contributed by atoms with Gasteiger partial charge < -0.3 is 10.2 Å². The minimum atomic E-state index is -1.20. The van der Waals surface area contributed by atoms with E-state index in [1.54, 1.807) is 26.0 Å². The fraction of sp³-hybridized carbons (Fsp3) is 0.600. The Kier molecular flexibility index (Phi) is 4.35. The zero-order valence-corrected chi connectivity index (χ0v) is 11.9. The molecular weight excluding hydrogens is 244 g/mol. The van der Waals surface area contributed by atoms with Crippen molar-refractivity contribution in [3.8, 4) is 0 Å². The minimum absolute atomic E-state index is 0.0131. The molecule has 0 amide bonds. The Morgan fingerprint density at radius 1 is 1.53 bits per heavy atom. The van der Waals surface area contributed by atoms with Gasteiger partial charge in [-0.05, 0) is 24.5 Å². The Bertz CT molecular complexity index is 445. The summed E-state index contributed by atoms with van der Waals surface area (Å²) in [4.78, 5) is 22.2. The summed E-state index contributed by atoms with van der Waals surface area (Å²) >= 11 is 0. The molecule has 106 valence electrons. The molecule has 0 aliphatic heterocycles. The Hall–Kier alpha value is -1.42. The van der Waals surface area contributed by atoms with Crippen LogP contribution in [0, 0.1) is 11.3 Å². The summed E-state index contributed by atoms with van der Waals surface area (Å²) in [5.74, 6) is -1.02. The Balaban J connectivity index is 3.01. The second-order valence-corrected chi connectivity index (χ2v) is 6.05. The second-order valence-electron chi connectivity index (χ2n) is 6.05. The number of carbonyl (C=O) groups excluding carboxylic acids is 1. The van der Waals surface area contributed by atoms with Crippen LogP contribution in [-0.4, -0.2) is 27.6 Å². The molecular formula is C15H22O4. The van der Waals surface area contributed by atoms with Gasteiger partial charge in [0.05, 0.1) is 6.42 Å². The lowest BCUT2D eigenvalue weighted by Crippen LogP contribution is -2.48. The van der Waals surface area contributed by atoms with E-state index in [1.807, 2.05) is 13.8 Å². The number of hydrogen-bond donors (Lipinski definition) is 2. The Morgan fingerprint density at radius 3 is 2.58 bits per heavy atom. The van der Waals surface area contributed by atoms with Crippen molar-refractivity contribution < 1.29 is 19.8 Å². The average Bonchev–Trinajstić information content (AvgIpc) is 2.21. The molecule has 0 aromatic rings. The quantitative estimate of drug-likeness (QED) is 0.766. The number of rotatable bonds is 4. The highest BCUT2D eigenvalue weighted by Crippen LogP contribution is 2.44. The van der Waals surface area contributed by atoms with Crippen molar-refractivity contribution in [3.63, 3.8) is 0 Å². The van der Waals surface area contributed by atoms with Crippen molar-refractivity contribution in [2.75, 3.05) is 0 Å². The fourth-order valence-electron chi connectivity index (χ4n) is 2.51. The summed E-state index contributed by atoms with van der Waals surface area (Å²) < 4.78 is 0. The van der Waals surface area contributed by atoms with Gasteiger partial charge in [-0.2, -0.15) is 0 Å². The molecule has 0 spiro atoms. The molecule has 2 atom stereocenters.